The number of nitrogens with one attached hydrogen (secondary N) is 1. The van der Waals surface area contributed by atoms with Crippen LogP contribution in [0.25, 0.3) is 0 Å². The second-order valence-electron chi connectivity index (χ2n) is 8.54. The first-order chi connectivity index (χ1) is 12.9. The molecule has 0 saturated carbocycles. The van der Waals surface area contributed by atoms with Gasteiger partial charge < -0.3 is 14.2 Å². The average molecular weight is 401 g/mol. The van der Waals surface area contributed by atoms with Crippen LogP contribution in [-0.2, 0) is 28.6 Å². The highest BCUT2D eigenvalue weighted by molar-refractivity contribution is 5.81. The van der Waals surface area contributed by atoms with E-state index >= 15 is 0 Å². The first kappa shape index (κ1) is 24.4. The number of ether oxygens (including phenoxy) is 3. The predicted molar refractivity (Wildman–Crippen MR) is 105 cm³/mol. The van der Waals surface area contributed by atoms with Gasteiger partial charge in [0, 0.05) is 38.0 Å². The minimum atomic E-state index is -0.888. The zero-order valence-corrected chi connectivity index (χ0v) is 18.3. The highest BCUT2D eigenvalue weighted by Gasteiger charge is 2.56. The Bertz CT molecular complexity index is 555. The molecule has 0 aromatic heterocycles. The van der Waals surface area contributed by atoms with E-state index in [4.69, 9.17) is 14.2 Å². The van der Waals surface area contributed by atoms with E-state index in [0.717, 1.165) is 0 Å². The van der Waals surface area contributed by atoms with Crippen molar-refractivity contribution in [2.24, 2.45) is 0 Å². The molecule has 0 aliphatic carbocycles. The molecule has 0 unspecified atom stereocenters. The van der Waals surface area contributed by atoms with E-state index in [9.17, 15) is 14.4 Å². The molecule has 1 aliphatic rings. The normalized spacial score (nSPS) is 20.2. The number of carbonyl (C=O) groups is 3. The molecule has 1 fully saturated rings. The van der Waals surface area contributed by atoms with Crippen molar-refractivity contribution in [1.29, 1.82) is 0 Å². The van der Waals surface area contributed by atoms with E-state index in [0.29, 0.717) is 39.1 Å². The van der Waals surface area contributed by atoms with E-state index in [1.54, 1.807) is 6.92 Å². The topological polar surface area (TPSA) is 94.2 Å². The maximum atomic E-state index is 13.0. The molecular formula is C20H36N2O6. The van der Waals surface area contributed by atoms with Crippen molar-refractivity contribution in [3.8, 4) is 0 Å². The van der Waals surface area contributed by atoms with Crippen molar-refractivity contribution in [2.75, 3.05) is 32.9 Å². The van der Waals surface area contributed by atoms with Crippen LogP contribution in [0.15, 0.2) is 0 Å². The van der Waals surface area contributed by atoms with Gasteiger partial charge in [-0.3, -0.25) is 24.6 Å². The van der Waals surface area contributed by atoms with Gasteiger partial charge in [-0.2, -0.15) is 0 Å². The standard InChI is InChI=1S/C20H36N2O6/c1-8-26-17(25)20(21-9-11-27-15(2)23)13-18(4,5)22(19(6,7)14-20)10-12-28-16(3)24/h21H,8-14H2,1-7H3. The number of esters is 3. The van der Waals surface area contributed by atoms with Crippen LogP contribution in [0, 0.1) is 0 Å². The summed E-state index contributed by atoms with van der Waals surface area (Å²) in [6.45, 7) is 14.5. The number of hydrogen-bond acceptors (Lipinski definition) is 8. The summed E-state index contributed by atoms with van der Waals surface area (Å²) in [5, 5.41) is 3.32. The fraction of sp³-hybridized carbons (Fsp3) is 0.850. The average Bonchev–Trinajstić information content (AvgIpc) is 2.53. The number of nitrogens with zero attached hydrogens (tertiary/aromatic N) is 1. The van der Waals surface area contributed by atoms with Crippen molar-refractivity contribution >= 4 is 17.9 Å². The number of rotatable bonds is 9. The molecule has 1 saturated heterocycles. The van der Waals surface area contributed by atoms with Gasteiger partial charge in [-0.15, -0.1) is 0 Å². The van der Waals surface area contributed by atoms with Crippen LogP contribution in [0.5, 0.6) is 0 Å². The molecule has 28 heavy (non-hydrogen) atoms. The van der Waals surface area contributed by atoms with E-state index in [2.05, 4.69) is 37.9 Å². The van der Waals surface area contributed by atoms with Gasteiger partial charge in [0.25, 0.3) is 0 Å². The first-order valence-corrected chi connectivity index (χ1v) is 9.83. The Balaban J connectivity index is 3.04. The maximum absolute atomic E-state index is 13.0. The van der Waals surface area contributed by atoms with Gasteiger partial charge in [-0.05, 0) is 47.5 Å². The summed E-state index contributed by atoms with van der Waals surface area (Å²) in [6.07, 6.45) is 1.03. The number of piperidine rings is 1. The molecule has 8 nitrogen and oxygen atoms in total. The second-order valence-corrected chi connectivity index (χ2v) is 8.54. The molecule has 162 valence electrons. The van der Waals surface area contributed by atoms with Crippen LogP contribution in [0.3, 0.4) is 0 Å². The summed E-state index contributed by atoms with van der Waals surface area (Å²) in [5.74, 6) is -0.952. The van der Waals surface area contributed by atoms with Crippen molar-refractivity contribution in [2.45, 2.75) is 77.9 Å². The number of carbonyl (C=O) groups excluding carboxylic acids is 3. The molecular weight excluding hydrogens is 364 g/mol. The molecule has 0 radical (unpaired) electrons. The lowest BCUT2D eigenvalue weighted by Gasteiger charge is -2.58. The van der Waals surface area contributed by atoms with Gasteiger partial charge in [0.15, 0.2) is 0 Å². The van der Waals surface area contributed by atoms with Gasteiger partial charge in [-0.1, -0.05) is 0 Å². The summed E-state index contributed by atoms with van der Waals surface area (Å²) < 4.78 is 15.5. The molecule has 1 aliphatic heterocycles. The Morgan fingerprint density at radius 1 is 0.893 bits per heavy atom. The molecule has 0 spiro atoms. The SMILES string of the molecule is CCOC(=O)C1(NCCOC(C)=O)CC(C)(C)N(CCOC(C)=O)C(C)(C)C1. The monoisotopic (exact) mass is 400 g/mol. The summed E-state index contributed by atoms with van der Waals surface area (Å²) >= 11 is 0. The fourth-order valence-corrected chi connectivity index (χ4v) is 4.53. The lowest BCUT2D eigenvalue weighted by atomic mass is 9.69. The zero-order chi connectivity index (χ0) is 21.6. The van der Waals surface area contributed by atoms with Crippen LogP contribution in [0.4, 0.5) is 0 Å². The predicted octanol–water partition coefficient (Wildman–Crippen LogP) is 1.66. The van der Waals surface area contributed by atoms with Crippen LogP contribution in [-0.4, -0.2) is 72.3 Å². The van der Waals surface area contributed by atoms with E-state index < -0.39 is 5.54 Å². The fourth-order valence-electron chi connectivity index (χ4n) is 4.53. The van der Waals surface area contributed by atoms with Crippen molar-refractivity contribution < 1.29 is 28.6 Å². The van der Waals surface area contributed by atoms with Crippen molar-refractivity contribution in [3.63, 3.8) is 0 Å². The minimum Gasteiger partial charge on any atom is -0.465 e. The third-order valence-electron chi connectivity index (χ3n) is 5.09. The van der Waals surface area contributed by atoms with Crippen LogP contribution < -0.4 is 5.32 Å². The summed E-state index contributed by atoms with van der Waals surface area (Å²) in [7, 11) is 0. The van der Waals surface area contributed by atoms with E-state index in [1.165, 1.54) is 13.8 Å². The Hall–Kier alpha value is -1.67. The van der Waals surface area contributed by atoms with Gasteiger partial charge in [0.2, 0.25) is 0 Å². The van der Waals surface area contributed by atoms with Crippen LogP contribution in [0.1, 0.15) is 61.3 Å². The van der Waals surface area contributed by atoms with Gasteiger partial charge in [0.1, 0.15) is 18.8 Å². The van der Waals surface area contributed by atoms with Gasteiger partial charge >= 0.3 is 17.9 Å². The minimum absolute atomic E-state index is 0.188. The summed E-state index contributed by atoms with van der Waals surface area (Å²) in [4.78, 5) is 37.4. The molecule has 0 aromatic rings. The Morgan fingerprint density at radius 3 is 1.86 bits per heavy atom. The Morgan fingerprint density at radius 2 is 1.39 bits per heavy atom. The highest BCUT2D eigenvalue weighted by atomic mass is 16.5. The van der Waals surface area contributed by atoms with E-state index in [1.807, 2.05) is 0 Å². The Kier molecular flexibility index (Phi) is 8.44. The maximum Gasteiger partial charge on any atom is 0.326 e. The molecule has 1 rings (SSSR count). The summed E-state index contributed by atoms with van der Waals surface area (Å²) in [5.41, 5.74) is -1.60. The molecule has 1 N–H and O–H groups in total. The van der Waals surface area contributed by atoms with Crippen LogP contribution >= 0.6 is 0 Å². The zero-order valence-electron chi connectivity index (χ0n) is 18.3. The largest absolute Gasteiger partial charge is 0.465 e. The molecule has 0 atom stereocenters. The smallest absolute Gasteiger partial charge is 0.326 e. The lowest BCUT2D eigenvalue weighted by molar-refractivity contribution is -0.164. The van der Waals surface area contributed by atoms with Crippen LogP contribution in [0.2, 0.25) is 0 Å². The third kappa shape index (κ3) is 6.44. The van der Waals surface area contributed by atoms with Gasteiger partial charge in [0.05, 0.1) is 6.61 Å². The molecule has 0 aromatic carbocycles. The van der Waals surface area contributed by atoms with Crippen molar-refractivity contribution in [3.05, 3.63) is 0 Å². The molecule has 0 amide bonds. The third-order valence-corrected chi connectivity index (χ3v) is 5.09. The second kappa shape index (κ2) is 9.69. The van der Waals surface area contributed by atoms with Crippen molar-refractivity contribution in [1.82, 2.24) is 10.2 Å². The lowest BCUT2D eigenvalue weighted by Crippen LogP contribution is -2.72. The number of likely N-dealkylation sites (tertiary alicyclic amines) is 1. The summed E-state index contributed by atoms with van der Waals surface area (Å²) in [6, 6.07) is 0. The quantitative estimate of drug-likeness (QED) is 0.355. The number of hydrogen-bond donors (Lipinski definition) is 1. The molecule has 8 heteroatoms. The van der Waals surface area contributed by atoms with E-state index in [-0.39, 0.29) is 35.6 Å². The highest BCUT2D eigenvalue weighted by Crippen LogP contribution is 2.44. The first-order valence-electron chi connectivity index (χ1n) is 9.83. The molecule has 1 heterocycles. The van der Waals surface area contributed by atoms with Gasteiger partial charge in [-0.25, -0.2) is 0 Å². The molecule has 0 bridgehead atoms. The Labute approximate surface area is 168 Å².